The van der Waals surface area contributed by atoms with E-state index in [1.807, 2.05) is 0 Å². The Balaban J connectivity index is 2.12. The van der Waals surface area contributed by atoms with Gasteiger partial charge in [-0.2, -0.15) is 0 Å². The zero-order valence-electron chi connectivity index (χ0n) is 19.1. The average Bonchev–Trinajstić information content (AvgIpc) is 2.71. The van der Waals surface area contributed by atoms with Gasteiger partial charge in [0.2, 0.25) is 10.0 Å². The van der Waals surface area contributed by atoms with Crippen molar-refractivity contribution in [3.8, 4) is 5.75 Å². The number of hydrogen-bond acceptors (Lipinski definition) is 6. The molecule has 2 aromatic rings. The van der Waals surface area contributed by atoms with Crippen molar-refractivity contribution < 1.29 is 27.5 Å². The number of anilines is 1. The Bertz CT molecular complexity index is 1070. The highest BCUT2D eigenvalue weighted by atomic mass is 32.2. The van der Waals surface area contributed by atoms with Crippen LogP contribution in [0.4, 0.5) is 10.5 Å². The summed E-state index contributed by atoms with van der Waals surface area (Å²) in [6.07, 6.45) is -0.529. The monoisotopic (exact) mass is 463 g/mol. The first-order chi connectivity index (χ1) is 14.8. The fraction of sp³-hybridized carbons (Fsp3) is 0.364. The number of rotatable bonds is 7. The molecule has 0 saturated heterocycles. The van der Waals surface area contributed by atoms with Crippen molar-refractivity contribution in [2.24, 2.45) is 0 Å². The van der Waals surface area contributed by atoms with Crippen molar-refractivity contribution in [1.29, 1.82) is 0 Å². The Morgan fingerprint density at radius 3 is 2.19 bits per heavy atom. The summed E-state index contributed by atoms with van der Waals surface area (Å²) >= 11 is 0. The van der Waals surface area contributed by atoms with E-state index in [1.54, 1.807) is 45.0 Å². The quantitative estimate of drug-likeness (QED) is 0.652. The summed E-state index contributed by atoms with van der Waals surface area (Å²) in [5, 5.41) is 5.34. The molecular weight excluding hydrogens is 434 g/mol. The zero-order valence-corrected chi connectivity index (χ0v) is 19.9. The van der Waals surface area contributed by atoms with Crippen LogP contribution in [0.25, 0.3) is 0 Å². The molecule has 32 heavy (non-hydrogen) atoms. The van der Waals surface area contributed by atoms with Gasteiger partial charge in [0.1, 0.15) is 11.4 Å². The van der Waals surface area contributed by atoms with E-state index in [1.165, 1.54) is 39.4 Å². The molecule has 0 bridgehead atoms. The molecule has 2 rings (SSSR count). The number of nitrogens with one attached hydrogen (secondary N) is 2. The van der Waals surface area contributed by atoms with Crippen LogP contribution in [0.5, 0.6) is 5.75 Å². The molecule has 0 spiro atoms. The molecule has 0 aliphatic carbocycles. The van der Waals surface area contributed by atoms with Crippen molar-refractivity contribution in [3.63, 3.8) is 0 Å². The number of amides is 2. The van der Waals surface area contributed by atoms with Crippen LogP contribution in [-0.2, 0) is 21.3 Å². The summed E-state index contributed by atoms with van der Waals surface area (Å²) in [4.78, 5) is 24.5. The molecule has 0 fully saturated rings. The fourth-order valence-corrected chi connectivity index (χ4v) is 3.54. The zero-order chi connectivity index (χ0) is 24.1. The maximum atomic E-state index is 12.7. The molecule has 0 radical (unpaired) electrons. The van der Waals surface area contributed by atoms with Crippen LogP contribution in [0.1, 0.15) is 36.7 Å². The maximum Gasteiger partial charge on any atom is 0.407 e. The van der Waals surface area contributed by atoms with E-state index < -0.39 is 27.6 Å². The molecule has 9 nitrogen and oxygen atoms in total. The van der Waals surface area contributed by atoms with Crippen molar-refractivity contribution in [2.45, 2.75) is 37.8 Å². The molecule has 0 unspecified atom stereocenters. The molecule has 2 N–H and O–H groups in total. The number of carbonyl (C=O) groups is 2. The second kappa shape index (κ2) is 10.0. The Labute approximate surface area is 188 Å². The third-order valence-electron chi connectivity index (χ3n) is 4.25. The van der Waals surface area contributed by atoms with Gasteiger partial charge >= 0.3 is 6.09 Å². The second-order valence-corrected chi connectivity index (χ2v) is 10.3. The van der Waals surface area contributed by atoms with E-state index in [2.05, 4.69) is 10.6 Å². The van der Waals surface area contributed by atoms with E-state index in [0.29, 0.717) is 11.3 Å². The topological polar surface area (TPSA) is 114 Å². The number of nitrogens with zero attached hydrogens (tertiary/aromatic N) is 1. The van der Waals surface area contributed by atoms with Crippen LogP contribution < -0.4 is 15.4 Å². The number of methoxy groups -OCH3 is 1. The van der Waals surface area contributed by atoms with Crippen LogP contribution in [0.15, 0.2) is 47.4 Å². The molecule has 0 heterocycles. The first-order valence-electron chi connectivity index (χ1n) is 9.81. The average molecular weight is 464 g/mol. The molecule has 2 amide bonds. The molecule has 10 heteroatoms. The maximum absolute atomic E-state index is 12.7. The summed E-state index contributed by atoms with van der Waals surface area (Å²) < 4.78 is 36.3. The molecule has 0 aliphatic rings. The molecular formula is C22H29N3O6S. The van der Waals surface area contributed by atoms with Crippen molar-refractivity contribution in [2.75, 3.05) is 26.5 Å². The van der Waals surface area contributed by atoms with Crippen molar-refractivity contribution in [3.05, 3.63) is 53.6 Å². The lowest BCUT2D eigenvalue weighted by Gasteiger charge is -2.19. The fourth-order valence-electron chi connectivity index (χ4n) is 2.61. The van der Waals surface area contributed by atoms with Crippen LogP contribution in [0.2, 0.25) is 0 Å². The highest BCUT2D eigenvalue weighted by Gasteiger charge is 2.20. The Hall–Kier alpha value is -3.11. The lowest BCUT2D eigenvalue weighted by Crippen LogP contribution is -2.32. The molecule has 174 valence electrons. The standard InChI is InChI=1S/C22H29N3O6S/c1-22(2,3)31-21(27)23-14-15-7-9-16(10-8-15)20(26)24-18-13-17(11-12-19(18)30-6)32(28,29)25(4)5/h7-13H,14H2,1-6H3,(H,23,27)(H,24,26). The minimum Gasteiger partial charge on any atom is -0.495 e. The van der Waals surface area contributed by atoms with E-state index >= 15 is 0 Å². The number of benzene rings is 2. The number of carbonyl (C=O) groups excluding carboxylic acids is 2. The van der Waals surface area contributed by atoms with Gasteiger partial charge in [-0.25, -0.2) is 17.5 Å². The van der Waals surface area contributed by atoms with E-state index in [0.717, 1.165) is 9.87 Å². The molecule has 0 aromatic heterocycles. The highest BCUT2D eigenvalue weighted by Crippen LogP contribution is 2.29. The third-order valence-corrected chi connectivity index (χ3v) is 6.06. The Morgan fingerprint density at radius 1 is 1.03 bits per heavy atom. The third kappa shape index (κ3) is 6.69. The van der Waals surface area contributed by atoms with Gasteiger partial charge in [0.05, 0.1) is 17.7 Å². The van der Waals surface area contributed by atoms with Crippen molar-refractivity contribution >= 4 is 27.7 Å². The lowest BCUT2D eigenvalue weighted by atomic mass is 10.1. The number of sulfonamides is 1. The van der Waals surface area contributed by atoms with Gasteiger partial charge in [0, 0.05) is 26.2 Å². The largest absolute Gasteiger partial charge is 0.495 e. The first kappa shape index (κ1) is 25.2. The second-order valence-electron chi connectivity index (χ2n) is 8.16. The minimum atomic E-state index is -3.67. The van der Waals surface area contributed by atoms with E-state index in [4.69, 9.17) is 9.47 Å². The molecule has 0 saturated carbocycles. The predicted molar refractivity (Wildman–Crippen MR) is 121 cm³/mol. The van der Waals surface area contributed by atoms with Crippen LogP contribution in [-0.4, -0.2) is 51.5 Å². The van der Waals surface area contributed by atoms with Crippen LogP contribution >= 0.6 is 0 Å². The smallest absolute Gasteiger partial charge is 0.407 e. The van der Waals surface area contributed by atoms with Crippen LogP contribution in [0, 0.1) is 0 Å². The summed E-state index contributed by atoms with van der Waals surface area (Å²) in [5.41, 5.74) is 0.782. The lowest BCUT2D eigenvalue weighted by molar-refractivity contribution is 0.0523. The Kier molecular flexibility index (Phi) is 7.87. The van der Waals surface area contributed by atoms with Gasteiger partial charge in [-0.3, -0.25) is 4.79 Å². The summed E-state index contributed by atoms with van der Waals surface area (Å²) in [6.45, 7) is 5.58. The molecule has 0 atom stereocenters. The summed E-state index contributed by atoms with van der Waals surface area (Å²) in [5.74, 6) is -0.108. The van der Waals surface area contributed by atoms with Gasteiger partial charge in [-0.15, -0.1) is 0 Å². The van der Waals surface area contributed by atoms with Crippen molar-refractivity contribution in [1.82, 2.24) is 9.62 Å². The van der Waals surface area contributed by atoms with Gasteiger partial charge in [0.25, 0.3) is 5.91 Å². The minimum absolute atomic E-state index is 0.0298. The normalized spacial score (nSPS) is 11.7. The number of alkyl carbamates (subject to hydrolysis) is 1. The van der Waals surface area contributed by atoms with E-state index in [9.17, 15) is 18.0 Å². The van der Waals surface area contributed by atoms with Gasteiger partial charge in [0.15, 0.2) is 0 Å². The first-order valence-corrected chi connectivity index (χ1v) is 11.2. The number of ether oxygens (including phenoxy) is 2. The Morgan fingerprint density at radius 2 is 1.66 bits per heavy atom. The van der Waals surface area contributed by atoms with Gasteiger partial charge in [-0.05, 0) is 56.7 Å². The summed E-state index contributed by atoms with van der Waals surface area (Å²) in [7, 11) is 0.610. The number of hydrogen-bond donors (Lipinski definition) is 2. The van der Waals surface area contributed by atoms with Gasteiger partial charge < -0.3 is 20.1 Å². The predicted octanol–water partition coefficient (Wildman–Crippen LogP) is 3.22. The van der Waals surface area contributed by atoms with Gasteiger partial charge in [-0.1, -0.05) is 12.1 Å². The molecule has 2 aromatic carbocycles. The SMILES string of the molecule is COc1ccc(S(=O)(=O)N(C)C)cc1NC(=O)c1ccc(CNC(=O)OC(C)(C)C)cc1. The highest BCUT2D eigenvalue weighted by molar-refractivity contribution is 7.89. The summed E-state index contributed by atoms with van der Waals surface area (Å²) in [6, 6.07) is 10.9. The van der Waals surface area contributed by atoms with E-state index in [-0.39, 0.29) is 17.1 Å². The van der Waals surface area contributed by atoms with Crippen LogP contribution in [0.3, 0.4) is 0 Å². The molecule has 0 aliphatic heterocycles.